The first-order valence-corrected chi connectivity index (χ1v) is 24.6. The third kappa shape index (κ3) is 7.23. The molecule has 0 spiro atoms. The first kappa shape index (κ1) is 42.7. The van der Waals surface area contributed by atoms with Gasteiger partial charge in [-0.25, -0.2) is 0 Å². The summed E-state index contributed by atoms with van der Waals surface area (Å²) in [5.74, 6) is 1.79. The molecule has 0 radical (unpaired) electrons. The van der Waals surface area contributed by atoms with E-state index < -0.39 is 0 Å². The molecule has 14 aromatic rings. The summed E-state index contributed by atoms with van der Waals surface area (Å²) < 4.78 is 15.4. The SMILES string of the molecule is c1ccc(-c2nnc(-c3ccccc3-c3c4ccccc4c(-c4ccccc4-c4nnc(-c5ccccc5)o4)c4cc(N(c5ccccc5)c5ccc(-n6c7ccccc7c7ccccc76)cc5)ccc34)o2)cc1. The predicted molar refractivity (Wildman–Crippen MR) is 299 cm³/mol. The first-order valence-electron chi connectivity index (χ1n) is 24.6. The zero-order chi connectivity index (χ0) is 49.0. The van der Waals surface area contributed by atoms with Crippen molar-refractivity contribution in [2.75, 3.05) is 4.90 Å². The number of rotatable bonds is 10. The van der Waals surface area contributed by atoms with Crippen LogP contribution in [-0.2, 0) is 0 Å². The molecule has 0 atom stereocenters. The summed E-state index contributed by atoms with van der Waals surface area (Å²) in [6.45, 7) is 0. The molecular formula is C66H42N6O2. The van der Waals surface area contributed by atoms with Crippen molar-refractivity contribution in [3.05, 3.63) is 255 Å². The van der Waals surface area contributed by atoms with Gasteiger partial charge in [-0.05, 0) is 141 Å². The smallest absolute Gasteiger partial charge is 0.248 e. The van der Waals surface area contributed by atoms with Crippen LogP contribution in [0.5, 0.6) is 0 Å². The average molecular weight is 951 g/mol. The molecular weight excluding hydrogens is 909 g/mol. The van der Waals surface area contributed by atoms with Gasteiger partial charge in [0.25, 0.3) is 0 Å². The fraction of sp³-hybridized carbons (Fsp3) is 0. The second-order valence-electron chi connectivity index (χ2n) is 18.2. The molecule has 8 heteroatoms. The number of nitrogens with zero attached hydrogens (tertiary/aromatic N) is 6. The zero-order valence-corrected chi connectivity index (χ0v) is 39.7. The van der Waals surface area contributed by atoms with E-state index >= 15 is 0 Å². The Bertz CT molecular complexity index is 4320. The monoisotopic (exact) mass is 950 g/mol. The number of para-hydroxylation sites is 3. The van der Waals surface area contributed by atoms with Crippen LogP contribution in [0.1, 0.15) is 0 Å². The maximum Gasteiger partial charge on any atom is 0.248 e. The molecule has 0 aliphatic heterocycles. The third-order valence-electron chi connectivity index (χ3n) is 14.0. The number of anilines is 3. The molecule has 14 rings (SSSR count). The molecule has 8 nitrogen and oxygen atoms in total. The summed E-state index contributed by atoms with van der Waals surface area (Å²) in [4.78, 5) is 2.33. The second-order valence-corrected chi connectivity index (χ2v) is 18.2. The minimum absolute atomic E-state index is 0.433. The van der Waals surface area contributed by atoms with Crippen molar-refractivity contribution >= 4 is 60.4 Å². The summed E-state index contributed by atoms with van der Waals surface area (Å²) >= 11 is 0. The Balaban J connectivity index is 1.00. The molecule has 0 saturated carbocycles. The molecule has 0 aliphatic carbocycles. The van der Waals surface area contributed by atoms with Crippen molar-refractivity contribution in [1.29, 1.82) is 0 Å². The molecule has 0 aliphatic rings. The number of benzene rings is 11. The summed E-state index contributed by atoms with van der Waals surface area (Å²) in [7, 11) is 0. The van der Waals surface area contributed by atoms with E-state index in [1.807, 2.05) is 72.8 Å². The fourth-order valence-electron chi connectivity index (χ4n) is 10.7. The maximum absolute atomic E-state index is 6.54. The molecule has 348 valence electrons. The molecule has 3 heterocycles. The van der Waals surface area contributed by atoms with Gasteiger partial charge in [-0.2, -0.15) is 0 Å². The minimum atomic E-state index is 0.433. The van der Waals surface area contributed by atoms with Crippen molar-refractivity contribution in [2.24, 2.45) is 0 Å². The van der Waals surface area contributed by atoms with Gasteiger partial charge in [0.15, 0.2) is 0 Å². The van der Waals surface area contributed by atoms with Gasteiger partial charge in [-0.3, -0.25) is 0 Å². The Kier molecular flexibility index (Phi) is 10.3. The largest absolute Gasteiger partial charge is 0.416 e. The van der Waals surface area contributed by atoms with Crippen molar-refractivity contribution in [3.8, 4) is 73.8 Å². The van der Waals surface area contributed by atoms with Gasteiger partial charge < -0.3 is 18.3 Å². The predicted octanol–water partition coefficient (Wildman–Crippen LogP) is 17.3. The van der Waals surface area contributed by atoms with E-state index in [0.717, 1.165) is 88.8 Å². The molecule has 3 aromatic heterocycles. The quantitative estimate of drug-likeness (QED) is 0.126. The molecule has 0 unspecified atom stereocenters. The lowest BCUT2D eigenvalue weighted by atomic mass is 9.83. The van der Waals surface area contributed by atoms with Crippen LogP contribution < -0.4 is 4.90 Å². The van der Waals surface area contributed by atoms with Crippen molar-refractivity contribution in [2.45, 2.75) is 0 Å². The molecule has 0 bridgehead atoms. The van der Waals surface area contributed by atoms with Crippen LogP contribution in [0.2, 0.25) is 0 Å². The summed E-state index contributed by atoms with van der Waals surface area (Å²) in [5, 5.41) is 25.0. The number of hydrogen-bond acceptors (Lipinski definition) is 7. The Morgan fingerprint density at radius 3 is 1.19 bits per heavy atom. The number of fused-ring (bicyclic) bond motifs is 5. The van der Waals surface area contributed by atoms with Crippen LogP contribution in [-0.4, -0.2) is 25.0 Å². The van der Waals surface area contributed by atoms with Gasteiger partial charge in [0.2, 0.25) is 23.6 Å². The topological polar surface area (TPSA) is 86.0 Å². The van der Waals surface area contributed by atoms with E-state index in [2.05, 4.69) is 212 Å². The van der Waals surface area contributed by atoms with E-state index in [0.29, 0.717) is 23.6 Å². The Morgan fingerprint density at radius 1 is 0.284 bits per heavy atom. The summed E-state index contributed by atoms with van der Waals surface area (Å²) in [6, 6.07) is 88.6. The average Bonchev–Trinajstić information content (AvgIpc) is 4.26. The van der Waals surface area contributed by atoms with Gasteiger partial charge in [0.05, 0.1) is 11.0 Å². The van der Waals surface area contributed by atoms with E-state index in [-0.39, 0.29) is 0 Å². The van der Waals surface area contributed by atoms with Crippen molar-refractivity contribution < 1.29 is 8.83 Å². The lowest BCUT2D eigenvalue weighted by molar-refractivity contribution is 0.584. The summed E-state index contributed by atoms with van der Waals surface area (Å²) in [5.41, 5.74) is 13.8. The standard InChI is InChI=1S/C66H42N6O2/c1-4-20-43(21-5-1)63-67-69-65(73-63)56-32-14-12-30-53(56)61-51-28-10-11-29-52(51)62(54-31-13-15-33-57(54)66-70-68-64(74-66)44-22-6-2-7-23-44)58-42-48(40-41-55(58)61)71(45-24-8-3-9-25-45)46-36-38-47(39-37-46)72-59-34-18-16-26-49(59)50-27-17-19-35-60(50)72/h1-42H. The molecule has 11 aromatic carbocycles. The normalized spacial score (nSPS) is 11.5. The molecule has 0 fully saturated rings. The summed E-state index contributed by atoms with van der Waals surface area (Å²) in [6.07, 6.45) is 0. The molecule has 74 heavy (non-hydrogen) atoms. The van der Waals surface area contributed by atoms with Crippen LogP contribution in [0.15, 0.2) is 264 Å². The van der Waals surface area contributed by atoms with Crippen LogP contribution >= 0.6 is 0 Å². The highest BCUT2D eigenvalue weighted by molar-refractivity contribution is 6.24. The van der Waals surface area contributed by atoms with Gasteiger partial charge in [0.1, 0.15) is 0 Å². The third-order valence-corrected chi connectivity index (χ3v) is 14.0. The highest BCUT2D eigenvalue weighted by Gasteiger charge is 2.25. The van der Waals surface area contributed by atoms with E-state index in [4.69, 9.17) is 8.83 Å². The van der Waals surface area contributed by atoms with E-state index in [9.17, 15) is 0 Å². The maximum atomic E-state index is 6.54. The van der Waals surface area contributed by atoms with E-state index in [1.54, 1.807) is 0 Å². The Labute approximate surface area is 425 Å². The van der Waals surface area contributed by atoms with Crippen LogP contribution in [0.4, 0.5) is 17.1 Å². The fourth-order valence-corrected chi connectivity index (χ4v) is 10.7. The molecule has 0 amide bonds. The van der Waals surface area contributed by atoms with Crippen LogP contribution in [0.3, 0.4) is 0 Å². The lowest BCUT2D eigenvalue weighted by Crippen LogP contribution is -2.10. The van der Waals surface area contributed by atoms with Gasteiger partial charge >= 0.3 is 0 Å². The van der Waals surface area contributed by atoms with Crippen LogP contribution in [0, 0.1) is 0 Å². The lowest BCUT2D eigenvalue weighted by Gasteiger charge is -2.27. The number of hydrogen-bond donors (Lipinski definition) is 0. The minimum Gasteiger partial charge on any atom is -0.416 e. The zero-order valence-electron chi connectivity index (χ0n) is 39.7. The Morgan fingerprint density at radius 2 is 0.662 bits per heavy atom. The molecule has 0 saturated heterocycles. The van der Waals surface area contributed by atoms with Gasteiger partial charge in [-0.1, -0.05) is 158 Å². The number of aromatic nitrogens is 5. The first-order chi connectivity index (χ1) is 36.7. The van der Waals surface area contributed by atoms with Crippen LogP contribution in [0.25, 0.3) is 117 Å². The van der Waals surface area contributed by atoms with E-state index in [1.165, 1.54) is 21.8 Å². The second kappa shape index (κ2) is 17.9. The van der Waals surface area contributed by atoms with Crippen molar-refractivity contribution in [1.82, 2.24) is 25.0 Å². The Hall–Kier alpha value is -10.2. The highest BCUT2D eigenvalue weighted by atomic mass is 16.4. The highest BCUT2D eigenvalue weighted by Crippen LogP contribution is 2.50. The molecule has 0 N–H and O–H groups in total. The van der Waals surface area contributed by atoms with Crippen molar-refractivity contribution in [3.63, 3.8) is 0 Å². The van der Waals surface area contributed by atoms with Gasteiger partial charge in [0, 0.05) is 55.8 Å². The van der Waals surface area contributed by atoms with Gasteiger partial charge in [-0.15, -0.1) is 20.4 Å².